The lowest BCUT2D eigenvalue weighted by molar-refractivity contribution is 0.0973. The van der Waals surface area contributed by atoms with Crippen LogP contribution < -0.4 is 9.80 Å². The lowest BCUT2D eigenvalue weighted by atomic mass is 10.1. The molecule has 0 bridgehead atoms. The highest BCUT2D eigenvalue weighted by Gasteiger charge is 2.28. The fourth-order valence-electron chi connectivity index (χ4n) is 4.86. The molecule has 5 heterocycles. The van der Waals surface area contributed by atoms with E-state index in [1.54, 1.807) is 0 Å². The van der Waals surface area contributed by atoms with Crippen molar-refractivity contribution >= 4 is 33.7 Å². The van der Waals surface area contributed by atoms with Gasteiger partial charge in [0.1, 0.15) is 11.5 Å². The zero-order valence-corrected chi connectivity index (χ0v) is 18.5. The van der Waals surface area contributed by atoms with E-state index in [1.165, 1.54) is 5.39 Å². The van der Waals surface area contributed by atoms with Gasteiger partial charge in [0.2, 0.25) is 5.95 Å². The van der Waals surface area contributed by atoms with Crippen LogP contribution in [-0.2, 0) is 9.47 Å². The van der Waals surface area contributed by atoms with Gasteiger partial charge in [0.05, 0.1) is 43.9 Å². The number of nitrogens with zero attached hydrogens (tertiary/aromatic N) is 4. The highest BCUT2D eigenvalue weighted by molar-refractivity contribution is 5.99. The minimum absolute atomic E-state index is 0.235. The van der Waals surface area contributed by atoms with Gasteiger partial charge in [0.25, 0.3) is 0 Å². The van der Waals surface area contributed by atoms with E-state index in [9.17, 15) is 0 Å². The van der Waals surface area contributed by atoms with Crippen molar-refractivity contribution in [2.45, 2.75) is 25.9 Å². The first-order valence-corrected chi connectivity index (χ1v) is 11.3. The standard InChI is InChI=1S/C24H28N6O2/c1-15-13-31-10-8-29(15)23-19-12-21(17-4-3-5-20-18(17)6-7-25-20)26-22(19)27-24(28-23)30-9-11-32-14-16(30)2/h3-7,12,15-16,25H,8-11,13-14H2,1-2H3,(H,26,27,28). The molecule has 0 aliphatic carbocycles. The summed E-state index contributed by atoms with van der Waals surface area (Å²) in [7, 11) is 0. The van der Waals surface area contributed by atoms with Gasteiger partial charge in [-0.1, -0.05) is 12.1 Å². The predicted molar refractivity (Wildman–Crippen MR) is 126 cm³/mol. The highest BCUT2D eigenvalue weighted by atomic mass is 16.5. The summed E-state index contributed by atoms with van der Waals surface area (Å²) < 4.78 is 11.3. The van der Waals surface area contributed by atoms with Crippen LogP contribution in [0.15, 0.2) is 36.5 Å². The van der Waals surface area contributed by atoms with Crippen LogP contribution in [0.25, 0.3) is 33.2 Å². The van der Waals surface area contributed by atoms with Crippen molar-refractivity contribution in [1.29, 1.82) is 0 Å². The molecule has 2 fully saturated rings. The van der Waals surface area contributed by atoms with Crippen molar-refractivity contribution < 1.29 is 9.47 Å². The smallest absolute Gasteiger partial charge is 0.229 e. The Bertz CT molecular complexity index is 1260. The number of aromatic nitrogens is 4. The van der Waals surface area contributed by atoms with E-state index in [-0.39, 0.29) is 12.1 Å². The molecule has 2 aliphatic rings. The molecule has 4 aromatic rings. The summed E-state index contributed by atoms with van der Waals surface area (Å²) in [6.45, 7) is 8.76. The molecule has 0 amide bonds. The van der Waals surface area contributed by atoms with E-state index < -0.39 is 0 Å². The molecular weight excluding hydrogens is 404 g/mol. The summed E-state index contributed by atoms with van der Waals surface area (Å²) in [5, 5.41) is 2.24. The quantitative estimate of drug-likeness (QED) is 0.515. The molecular formula is C24H28N6O2. The van der Waals surface area contributed by atoms with Gasteiger partial charge in [-0.05, 0) is 32.0 Å². The Morgan fingerprint density at radius 1 is 0.938 bits per heavy atom. The molecule has 2 atom stereocenters. The first-order valence-electron chi connectivity index (χ1n) is 11.3. The lowest BCUT2D eigenvalue weighted by Crippen LogP contribution is -2.46. The SMILES string of the molecule is CC1COCCN1c1nc(N2CCOCC2C)c2cc(-c3cccc4[nH]ccc34)[nH]c2n1. The van der Waals surface area contributed by atoms with Gasteiger partial charge in [-0.3, -0.25) is 0 Å². The molecule has 0 saturated carbocycles. The summed E-state index contributed by atoms with van der Waals surface area (Å²) >= 11 is 0. The molecule has 32 heavy (non-hydrogen) atoms. The second kappa shape index (κ2) is 7.79. The zero-order chi connectivity index (χ0) is 21.7. The summed E-state index contributed by atoms with van der Waals surface area (Å²) in [6.07, 6.45) is 1.98. The van der Waals surface area contributed by atoms with Crippen LogP contribution in [0.4, 0.5) is 11.8 Å². The van der Waals surface area contributed by atoms with Crippen molar-refractivity contribution in [1.82, 2.24) is 19.9 Å². The van der Waals surface area contributed by atoms with Crippen LogP contribution in [0.5, 0.6) is 0 Å². The number of ether oxygens (including phenoxy) is 2. The van der Waals surface area contributed by atoms with Gasteiger partial charge in [0.15, 0.2) is 0 Å². The second-order valence-electron chi connectivity index (χ2n) is 8.77. The third-order valence-electron chi connectivity index (χ3n) is 6.60. The molecule has 1 aromatic carbocycles. The Kier molecular flexibility index (Phi) is 4.77. The van der Waals surface area contributed by atoms with Gasteiger partial charge in [-0.2, -0.15) is 9.97 Å². The number of morpholine rings is 2. The molecule has 8 heteroatoms. The minimum Gasteiger partial charge on any atom is -0.377 e. The average molecular weight is 433 g/mol. The number of rotatable bonds is 3. The number of nitrogens with one attached hydrogen (secondary N) is 2. The third kappa shape index (κ3) is 3.22. The molecule has 2 saturated heterocycles. The van der Waals surface area contributed by atoms with Gasteiger partial charge in [-0.25, -0.2) is 0 Å². The molecule has 166 valence electrons. The second-order valence-corrected chi connectivity index (χ2v) is 8.77. The van der Waals surface area contributed by atoms with Crippen LogP contribution in [-0.4, -0.2) is 71.5 Å². The van der Waals surface area contributed by atoms with Gasteiger partial charge < -0.3 is 29.2 Å². The maximum Gasteiger partial charge on any atom is 0.229 e. The monoisotopic (exact) mass is 432 g/mol. The van der Waals surface area contributed by atoms with Crippen molar-refractivity contribution in [2.75, 3.05) is 49.3 Å². The van der Waals surface area contributed by atoms with Crippen LogP contribution in [0.3, 0.4) is 0 Å². The Balaban J connectivity index is 1.53. The first-order chi connectivity index (χ1) is 15.7. The molecule has 6 rings (SSSR count). The van der Waals surface area contributed by atoms with Crippen LogP contribution in [0, 0.1) is 0 Å². The van der Waals surface area contributed by atoms with E-state index in [2.05, 4.69) is 63.9 Å². The van der Waals surface area contributed by atoms with E-state index in [0.717, 1.165) is 52.7 Å². The molecule has 2 unspecified atom stereocenters. The van der Waals surface area contributed by atoms with Crippen molar-refractivity contribution in [3.8, 4) is 11.3 Å². The Labute approximate surface area is 186 Å². The molecule has 0 spiro atoms. The number of hydrogen-bond acceptors (Lipinski definition) is 6. The molecule has 0 radical (unpaired) electrons. The number of benzene rings is 1. The summed E-state index contributed by atoms with van der Waals surface area (Å²) in [6, 6.07) is 11.1. The van der Waals surface area contributed by atoms with Crippen LogP contribution >= 0.6 is 0 Å². The van der Waals surface area contributed by atoms with E-state index in [1.807, 2.05) is 6.20 Å². The molecule has 2 N–H and O–H groups in total. The molecule has 2 aliphatic heterocycles. The molecule has 8 nitrogen and oxygen atoms in total. The van der Waals surface area contributed by atoms with Gasteiger partial charge in [0, 0.05) is 41.4 Å². The normalized spacial score (nSPS) is 22.2. The van der Waals surface area contributed by atoms with Crippen LogP contribution in [0.2, 0.25) is 0 Å². The Morgan fingerprint density at radius 2 is 1.72 bits per heavy atom. The fourth-order valence-corrected chi connectivity index (χ4v) is 4.86. The highest BCUT2D eigenvalue weighted by Crippen LogP contribution is 2.35. The van der Waals surface area contributed by atoms with E-state index >= 15 is 0 Å². The summed E-state index contributed by atoms with van der Waals surface area (Å²) in [5.74, 6) is 1.73. The predicted octanol–water partition coefficient (Wildman–Crippen LogP) is 3.56. The van der Waals surface area contributed by atoms with Crippen LogP contribution in [0.1, 0.15) is 13.8 Å². The Hall–Kier alpha value is -3.10. The topological polar surface area (TPSA) is 82.3 Å². The number of anilines is 2. The summed E-state index contributed by atoms with van der Waals surface area (Å²) in [4.78, 5) is 21.6. The number of aromatic amines is 2. The van der Waals surface area contributed by atoms with Gasteiger partial charge in [-0.15, -0.1) is 0 Å². The Morgan fingerprint density at radius 3 is 2.50 bits per heavy atom. The maximum absolute atomic E-state index is 5.70. The van der Waals surface area contributed by atoms with Crippen molar-refractivity contribution in [3.63, 3.8) is 0 Å². The average Bonchev–Trinajstić information content (AvgIpc) is 3.46. The van der Waals surface area contributed by atoms with Crippen molar-refractivity contribution in [3.05, 3.63) is 36.5 Å². The summed E-state index contributed by atoms with van der Waals surface area (Å²) in [5.41, 5.74) is 4.19. The number of hydrogen-bond donors (Lipinski definition) is 2. The minimum atomic E-state index is 0.235. The third-order valence-corrected chi connectivity index (χ3v) is 6.60. The lowest BCUT2D eigenvalue weighted by Gasteiger charge is -2.36. The fraction of sp³-hybridized carbons (Fsp3) is 0.417. The number of H-pyrrole nitrogens is 2. The van der Waals surface area contributed by atoms with E-state index in [0.29, 0.717) is 26.4 Å². The van der Waals surface area contributed by atoms with Gasteiger partial charge >= 0.3 is 0 Å². The number of fused-ring (bicyclic) bond motifs is 2. The largest absolute Gasteiger partial charge is 0.377 e. The zero-order valence-electron chi connectivity index (χ0n) is 18.5. The van der Waals surface area contributed by atoms with Crippen molar-refractivity contribution in [2.24, 2.45) is 0 Å². The first kappa shape index (κ1) is 19.6. The molecule has 3 aromatic heterocycles. The van der Waals surface area contributed by atoms with E-state index in [4.69, 9.17) is 19.4 Å². The maximum atomic E-state index is 5.70.